The Bertz CT molecular complexity index is 367. The van der Waals surface area contributed by atoms with Crippen LogP contribution in [0.5, 0.6) is 0 Å². The van der Waals surface area contributed by atoms with E-state index in [0.29, 0.717) is 16.5 Å². The molecule has 0 aromatic heterocycles. The molecule has 2 nitrogen and oxygen atoms in total. The largest absolute Gasteiger partial charge is 0.388 e. The highest BCUT2D eigenvalue weighted by atomic mass is 35.5. The number of hydrogen-bond donors (Lipinski definition) is 2. The minimum atomic E-state index is -0.475. The molecule has 14 heavy (non-hydrogen) atoms. The molecule has 0 bridgehead atoms. The van der Waals surface area contributed by atoms with E-state index in [0.717, 1.165) is 11.3 Å². The molecule has 1 aromatic rings. The second-order valence-electron chi connectivity index (χ2n) is 3.65. The predicted octanol–water partition coefficient (Wildman–Crippen LogP) is 3.23. The van der Waals surface area contributed by atoms with Crippen molar-refractivity contribution in [1.29, 1.82) is 0 Å². The van der Waals surface area contributed by atoms with Crippen LogP contribution >= 0.6 is 23.2 Å². The molecule has 0 saturated heterocycles. The van der Waals surface area contributed by atoms with Crippen LogP contribution in [0.2, 0.25) is 10.0 Å². The summed E-state index contributed by atoms with van der Waals surface area (Å²) in [6, 6.07) is 3.67. The fraction of sp³-hybridized carbons (Fsp3) is 0.400. The molecule has 4 heteroatoms. The molecule has 2 N–H and O–H groups in total. The maximum absolute atomic E-state index is 9.82. The molecule has 2 unspecified atom stereocenters. The van der Waals surface area contributed by atoms with Crippen molar-refractivity contribution in [2.75, 3.05) is 5.32 Å². The third kappa shape index (κ3) is 1.70. The topological polar surface area (TPSA) is 32.3 Å². The number of rotatable bonds is 0. The highest BCUT2D eigenvalue weighted by Gasteiger charge is 2.24. The van der Waals surface area contributed by atoms with Gasteiger partial charge < -0.3 is 10.4 Å². The van der Waals surface area contributed by atoms with Crippen LogP contribution in [0.1, 0.15) is 25.0 Å². The number of hydrogen-bond acceptors (Lipinski definition) is 2. The van der Waals surface area contributed by atoms with Gasteiger partial charge in [0.2, 0.25) is 0 Å². The minimum absolute atomic E-state index is 0.233. The minimum Gasteiger partial charge on any atom is -0.388 e. The van der Waals surface area contributed by atoms with Crippen molar-refractivity contribution < 1.29 is 5.11 Å². The molecule has 0 saturated carbocycles. The van der Waals surface area contributed by atoms with Crippen molar-refractivity contribution in [2.45, 2.75) is 25.5 Å². The van der Waals surface area contributed by atoms with Gasteiger partial charge in [-0.1, -0.05) is 23.2 Å². The Morgan fingerprint density at radius 1 is 1.43 bits per heavy atom. The molecule has 2 rings (SSSR count). The molecule has 0 amide bonds. The molecule has 0 fully saturated rings. The van der Waals surface area contributed by atoms with Crippen molar-refractivity contribution in [1.82, 2.24) is 0 Å². The number of aliphatic hydroxyl groups excluding tert-OH is 1. The molecule has 2 atom stereocenters. The molecule has 1 aliphatic heterocycles. The van der Waals surface area contributed by atoms with Crippen molar-refractivity contribution >= 4 is 28.9 Å². The lowest BCUT2D eigenvalue weighted by Gasteiger charge is -2.29. The van der Waals surface area contributed by atoms with E-state index < -0.39 is 6.10 Å². The monoisotopic (exact) mass is 231 g/mol. The van der Waals surface area contributed by atoms with Crippen LogP contribution in [0.4, 0.5) is 5.69 Å². The molecule has 0 spiro atoms. The lowest BCUT2D eigenvalue weighted by molar-refractivity contribution is 0.158. The normalized spacial score (nSPS) is 25.4. The van der Waals surface area contributed by atoms with Gasteiger partial charge in [0, 0.05) is 16.6 Å². The van der Waals surface area contributed by atoms with Crippen molar-refractivity contribution in [3.05, 3.63) is 27.7 Å². The van der Waals surface area contributed by atoms with E-state index in [1.54, 1.807) is 12.1 Å². The molecule has 1 aliphatic rings. The number of fused-ring (bicyclic) bond motifs is 1. The summed E-state index contributed by atoms with van der Waals surface area (Å²) in [4.78, 5) is 0. The quantitative estimate of drug-likeness (QED) is 0.719. The standard InChI is InChI=1S/C10H11Cl2NO/c1-5-2-9(14)7-3-6(11)4-8(12)10(7)13-5/h3-5,9,13-14H,2H2,1H3. The number of benzene rings is 1. The van der Waals surface area contributed by atoms with Gasteiger partial charge in [-0.05, 0) is 25.5 Å². The van der Waals surface area contributed by atoms with Gasteiger partial charge in [0.25, 0.3) is 0 Å². The fourth-order valence-corrected chi connectivity index (χ4v) is 2.34. The summed E-state index contributed by atoms with van der Waals surface area (Å²) in [7, 11) is 0. The van der Waals surface area contributed by atoms with E-state index in [1.807, 2.05) is 6.92 Å². The predicted molar refractivity (Wildman–Crippen MR) is 59.1 cm³/mol. The number of nitrogens with one attached hydrogen (secondary N) is 1. The lowest BCUT2D eigenvalue weighted by atomic mass is 9.96. The first-order valence-electron chi connectivity index (χ1n) is 4.51. The van der Waals surface area contributed by atoms with E-state index in [-0.39, 0.29) is 6.04 Å². The summed E-state index contributed by atoms with van der Waals surface area (Å²) >= 11 is 11.9. The first-order valence-corrected chi connectivity index (χ1v) is 5.27. The van der Waals surface area contributed by atoms with E-state index in [2.05, 4.69) is 5.32 Å². The van der Waals surface area contributed by atoms with Crippen LogP contribution in [0.25, 0.3) is 0 Å². The first-order chi connectivity index (χ1) is 6.58. The first kappa shape index (κ1) is 10.1. The van der Waals surface area contributed by atoms with E-state index in [1.165, 1.54) is 0 Å². The second kappa shape index (κ2) is 3.61. The fourth-order valence-electron chi connectivity index (χ4n) is 1.78. The van der Waals surface area contributed by atoms with Crippen LogP contribution < -0.4 is 5.32 Å². The van der Waals surface area contributed by atoms with Crippen LogP contribution in [-0.4, -0.2) is 11.1 Å². The Kier molecular flexibility index (Phi) is 2.60. The zero-order chi connectivity index (χ0) is 10.3. The van der Waals surface area contributed by atoms with Gasteiger partial charge in [-0.3, -0.25) is 0 Å². The Morgan fingerprint density at radius 3 is 2.86 bits per heavy atom. The summed E-state index contributed by atoms with van der Waals surface area (Å²) in [5.41, 5.74) is 1.60. The molecular formula is C10H11Cl2NO. The van der Waals surface area contributed by atoms with Gasteiger partial charge in [0.15, 0.2) is 0 Å². The average Bonchev–Trinajstić information content (AvgIpc) is 2.07. The smallest absolute Gasteiger partial charge is 0.0830 e. The highest BCUT2D eigenvalue weighted by Crippen LogP contribution is 2.39. The van der Waals surface area contributed by atoms with E-state index >= 15 is 0 Å². The average molecular weight is 232 g/mol. The highest BCUT2D eigenvalue weighted by molar-refractivity contribution is 6.36. The van der Waals surface area contributed by atoms with E-state index in [9.17, 15) is 5.11 Å². The van der Waals surface area contributed by atoms with Crippen LogP contribution in [0, 0.1) is 0 Å². The SMILES string of the molecule is CC1CC(O)c2cc(Cl)cc(Cl)c2N1. The van der Waals surface area contributed by atoms with Crippen LogP contribution in [-0.2, 0) is 0 Å². The zero-order valence-electron chi connectivity index (χ0n) is 7.72. The Hall–Kier alpha value is -0.440. The third-order valence-corrected chi connectivity index (χ3v) is 2.93. The van der Waals surface area contributed by atoms with Gasteiger partial charge in [-0.15, -0.1) is 0 Å². The third-order valence-electron chi connectivity index (χ3n) is 2.41. The molecule has 76 valence electrons. The zero-order valence-corrected chi connectivity index (χ0v) is 9.23. The molecular weight excluding hydrogens is 221 g/mol. The molecule has 1 aromatic carbocycles. The maximum atomic E-state index is 9.82. The summed E-state index contributed by atoms with van der Waals surface area (Å²) < 4.78 is 0. The molecule has 0 aliphatic carbocycles. The van der Waals surface area contributed by atoms with Gasteiger partial charge >= 0.3 is 0 Å². The maximum Gasteiger partial charge on any atom is 0.0830 e. The molecule has 0 radical (unpaired) electrons. The summed E-state index contributed by atoms with van der Waals surface area (Å²) in [6.07, 6.45) is 0.210. The lowest BCUT2D eigenvalue weighted by Crippen LogP contribution is -2.25. The summed E-state index contributed by atoms with van der Waals surface area (Å²) in [5, 5.41) is 14.2. The molecule has 1 heterocycles. The number of anilines is 1. The second-order valence-corrected chi connectivity index (χ2v) is 4.49. The van der Waals surface area contributed by atoms with Crippen LogP contribution in [0.15, 0.2) is 12.1 Å². The van der Waals surface area contributed by atoms with Gasteiger partial charge in [-0.2, -0.15) is 0 Å². The summed E-state index contributed by atoms with van der Waals surface area (Å²) in [6.45, 7) is 2.01. The Labute approximate surface area is 92.8 Å². The van der Waals surface area contributed by atoms with Crippen molar-refractivity contribution in [3.8, 4) is 0 Å². The number of aliphatic hydroxyl groups is 1. The Balaban J connectivity index is 2.53. The Morgan fingerprint density at radius 2 is 2.14 bits per heavy atom. The van der Waals surface area contributed by atoms with Crippen LogP contribution in [0.3, 0.4) is 0 Å². The van der Waals surface area contributed by atoms with Gasteiger partial charge in [0.1, 0.15) is 0 Å². The van der Waals surface area contributed by atoms with Crippen molar-refractivity contribution in [3.63, 3.8) is 0 Å². The summed E-state index contributed by atoms with van der Waals surface area (Å²) in [5.74, 6) is 0. The van der Waals surface area contributed by atoms with Crippen molar-refractivity contribution in [2.24, 2.45) is 0 Å². The van der Waals surface area contributed by atoms with E-state index in [4.69, 9.17) is 23.2 Å². The van der Waals surface area contributed by atoms with Gasteiger partial charge in [0.05, 0.1) is 16.8 Å². The number of halogens is 2. The van der Waals surface area contributed by atoms with Gasteiger partial charge in [-0.25, -0.2) is 0 Å².